The van der Waals surface area contributed by atoms with Crippen LogP contribution in [0.2, 0.25) is 0 Å². The van der Waals surface area contributed by atoms with Crippen molar-refractivity contribution >= 4 is 34.7 Å². The number of nitrogens with zero attached hydrogens (tertiary/aromatic N) is 3. The molecule has 182 valence electrons. The maximum atomic E-state index is 13.0. The van der Waals surface area contributed by atoms with Gasteiger partial charge in [0.2, 0.25) is 15.9 Å². The third-order valence-corrected chi connectivity index (χ3v) is 6.76. The van der Waals surface area contributed by atoms with Crippen LogP contribution in [0.4, 0.5) is 10.1 Å². The Kier molecular flexibility index (Phi) is 7.81. The van der Waals surface area contributed by atoms with Crippen molar-refractivity contribution in [2.24, 2.45) is 5.92 Å². The minimum absolute atomic E-state index is 0.0113. The van der Waals surface area contributed by atoms with Crippen LogP contribution in [0.5, 0.6) is 0 Å². The molecule has 2 aromatic carbocycles. The molecule has 3 amide bonds. The maximum Gasteiger partial charge on any atom is 0.286 e. The van der Waals surface area contributed by atoms with Crippen LogP contribution in [0, 0.1) is 18.7 Å². The zero-order chi connectivity index (χ0) is 24.8. The van der Waals surface area contributed by atoms with E-state index in [-0.39, 0.29) is 27.7 Å². The van der Waals surface area contributed by atoms with Gasteiger partial charge in [0.1, 0.15) is 5.82 Å². The summed E-state index contributed by atoms with van der Waals surface area (Å²) in [5.41, 5.74) is 2.65. The molecule has 0 unspecified atom stereocenters. The van der Waals surface area contributed by atoms with E-state index in [2.05, 4.69) is 26.9 Å². The van der Waals surface area contributed by atoms with Gasteiger partial charge < -0.3 is 15.5 Å². The molecule has 2 N–H and O–H groups in total. The number of aromatic nitrogens is 2. The molecule has 8 nitrogen and oxygen atoms in total. The van der Waals surface area contributed by atoms with Crippen LogP contribution in [0.1, 0.15) is 50.0 Å². The minimum atomic E-state index is -0.511. The monoisotopic (exact) mass is 495 g/mol. The average Bonchev–Trinajstić information content (AvgIpc) is 3.35. The fourth-order valence-corrected chi connectivity index (χ4v) is 4.66. The van der Waals surface area contributed by atoms with Gasteiger partial charge in [-0.25, -0.2) is 4.39 Å². The molecule has 0 radical (unpaired) electrons. The number of anilines is 1. The van der Waals surface area contributed by atoms with Gasteiger partial charge in [-0.05, 0) is 55.5 Å². The summed E-state index contributed by atoms with van der Waals surface area (Å²) < 4.78 is 13.0. The second-order valence-corrected chi connectivity index (χ2v) is 9.56. The summed E-state index contributed by atoms with van der Waals surface area (Å²) in [6, 6.07) is 13.4. The zero-order valence-corrected chi connectivity index (χ0v) is 20.1. The van der Waals surface area contributed by atoms with Crippen LogP contribution < -0.4 is 10.6 Å². The second-order valence-electron chi connectivity index (χ2n) is 8.58. The molecule has 0 bridgehead atoms. The summed E-state index contributed by atoms with van der Waals surface area (Å²) in [7, 11) is 0. The second kappa shape index (κ2) is 11.2. The lowest BCUT2D eigenvalue weighted by atomic mass is 9.93. The number of carbonyl (C=O) groups excluding carboxylic acids is 3. The smallest absolute Gasteiger partial charge is 0.286 e. The Labute approximate surface area is 206 Å². The van der Waals surface area contributed by atoms with E-state index in [0.717, 1.165) is 35.3 Å². The number of halogens is 1. The van der Waals surface area contributed by atoms with E-state index in [1.54, 1.807) is 4.90 Å². The molecule has 1 aliphatic rings. The molecular formula is C25H26FN5O3S. The lowest BCUT2D eigenvalue weighted by Gasteiger charge is -2.31. The number of hydrogen-bond donors (Lipinski definition) is 2. The van der Waals surface area contributed by atoms with Crippen LogP contribution in [-0.4, -0.2) is 45.9 Å². The summed E-state index contributed by atoms with van der Waals surface area (Å²) in [6.45, 7) is 3.56. The molecule has 0 atom stereocenters. The minimum Gasteiger partial charge on any atom is -0.352 e. The predicted molar refractivity (Wildman–Crippen MR) is 131 cm³/mol. The van der Waals surface area contributed by atoms with Crippen LogP contribution in [0.3, 0.4) is 0 Å². The van der Waals surface area contributed by atoms with E-state index >= 15 is 0 Å². The summed E-state index contributed by atoms with van der Waals surface area (Å²) in [5.74, 6) is -0.965. The standard InChI is InChI=1S/C25H26FN5O3S/c1-16-3-2-4-18(13-16)15-27-21(32)14-17-9-11-31(12-10-17)25(34)24-30-29-23(35-24)22(33)28-20-7-5-19(26)6-8-20/h2-8,13,17H,9-12,14-15H2,1H3,(H,27,32)(H,28,33). The van der Waals surface area contributed by atoms with Crippen LogP contribution in [0.25, 0.3) is 0 Å². The lowest BCUT2D eigenvalue weighted by molar-refractivity contribution is -0.122. The van der Waals surface area contributed by atoms with Gasteiger partial charge in [0.25, 0.3) is 11.8 Å². The molecule has 35 heavy (non-hydrogen) atoms. The molecule has 4 rings (SSSR count). The number of benzene rings is 2. The van der Waals surface area contributed by atoms with Gasteiger partial charge >= 0.3 is 0 Å². The normalized spacial score (nSPS) is 13.9. The summed E-state index contributed by atoms with van der Waals surface area (Å²) in [5, 5.41) is 13.5. The van der Waals surface area contributed by atoms with Gasteiger partial charge in [0.05, 0.1) is 0 Å². The number of piperidine rings is 1. The topological polar surface area (TPSA) is 104 Å². The van der Waals surface area contributed by atoms with Crippen molar-refractivity contribution in [3.8, 4) is 0 Å². The van der Waals surface area contributed by atoms with Crippen molar-refractivity contribution in [1.82, 2.24) is 20.4 Å². The third kappa shape index (κ3) is 6.69. The first kappa shape index (κ1) is 24.5. The Morgan fingerprint density at radius 3 is 2.49 bits per heavy atom. The SMILES string of the molecule is Cc1cccc(CNC(=O)CC2CCN(C(=O)c3nnc(C(=O)Nc4ccc(F)cc4)s3)CC2)c1. The van der Waals surface area contributed by atoms with Gasteiger partial charge in [0.15, 0.2) is 0 Å². The Morgan fingerprint density at radius 1 is 1.06 bits per heavy atom. The summed E-state index contributed by atoms with van der Waals surface area (Å²) >= 11 is 0.918. The number of nitrogens with one attached hydrogen (secondary N) is 2. The number of rotatable bonds is 7. The van der Waals surface area contributed by atoms with Crippen molar-refractivity contribution in [3.05, 3.63) is 75.5 Å². The van der Waals surface area contributed by atoms with Gasteiger partial charge in [-0.1, -0.05) is 41.2 Å². The van der Waals surface area contributed by atoms with Gasteiger partial charge in [0, 0.05) is 31.7 Å². The van der Waals surface area contributed by atoms with Gasteiger partial charge in [-0.15, -0.1) is 10.2 Å². The van der Waals surface area contributed by atoms with Crippen LogP contribution in [0.15, 0.2) is 48.5 Å². The molecule has 0 spiro atoms. The van der Waals surface area contributed by atoms with Crippen molar-refractivity contribution < 1.29 is 18.8 Å². The van der Waals surface area contributed by atoms with E-state index in [9.17, 15) is 18.8 Å². The average molecular weight is 496 g/mol. The number of aryl methyl sites for hydroxylation is 1. The number of likely N-dealkylation sites (tertiary alicyclic amines) is 1. The molecule has 1 aromatic heterocycles. The van der Waals surface area contributed by atoms with Crippen molar-refractivity contribution in [2.45, 2.75) is 32.7 Å². The lowest BCUT2D eigenvalue weighted by Crippen LogP contribution is -2.39. The molecule has 1 saturated heterocycles. The first-order valence-electron chi connectivity index (χ1n) is 11.4. The molecular weight excluding hydrogens is 469 g/mol. The van der Waals surface area contributed by atoms with Crippen molar-refractivity contribution in [1.29, 1.82) is 0 Å². The van der Waals surface area contributed by atoms with Crippen molar-refractivity contribution in [2.75, 3.05) is 18.4 Å². The zero-order valence-electron chi connectivity index (χ0n) is 19.3. The van der Waals surface area contributed by atoms with Crippen molar-refractivity contribution in [3.63, 3.8) is 0 Å². The van der Waals surface area contributed by atoms with E-state index < -0.39 is 11.7 Å². The highest BCUT2D eigenvalue weighted by molar-refractivity contribution is 7.15. The maximum absolute atomic E-state index is 13.0. The Balaban J connectivity index is 1.23. The first-order chi connectivity index (χ1) is 16.9. The molecule has 1 aliphatic heterocycles. The number of hydrogen-bond acceptors (Lipinski definition) is 6. The fourth-order valence-electron chi connectivity index (χ4n) is 3.95. The fraction of sp³-hybridized carbons (Fsp3) is 0.320. The Bertz CT molecular complexity index is 1210. The summed E-state index contributed by atoms with van der Waals surface area (Å²) in [4.78, 5) is 39.2. The highest BCUT2D eigenvalue weighted by atomic mass is 32.1. The molecule has 0 aliphatic carbocycles. The van der Waals surface area contributed by atoms with Crippen LogP contribution >= 0.6 is 11.3 Å². The third-order valence-electron chi connectivity index (χ3n) is 5.85. The molecule has 1 fully saturated rings. The van der Waals surface area contributed by atoms with Gasteiger partial charge in [-0.2, -0.15) is 0 Å². The highest BCUT2D eigenvalue weighted by Crippen LogP contribution is 2.23. The molecule has 10 heteroatoms. The van der Waals surface area contributed by atoms with Crippen LogP contribution in [-0.2, 0) is 11.3 Å². The number of carbonyl (C=O) groups is 3. The molecule has 3 aromatic rings. The molecule has 2 heterocycles. The van der Waals surface area contributed by atoms with E-state index in [4.69, 9.17) is 0 Å². The van der Waals surface area contributed by atoms with E-state index in [0.29, 0.717) is 31.7 Å². The first-order valence-corrected chi connectivity index (χ1v) is 12.2. The Hall–Kier alpha value is -3.66. The van der Waals surface area contributed by atoms with Gasteiger partial charge in [-0.3, -0.25) is 14.4 Å². The number of amides is 3. The summed E-state index contributed by atoms with van der Waals surface area (Å²) in [6.07, 6.45) is 1.88. The molecule has 0 saturated carbocycles. The quantitative estimate of drug-likeness (QED) is 0.519. The Morgan fingerprint density at radius 2 is 1.77 bits per heavy atom. The van der Waals surface area contributed by atoms with E-state index in [1.807, 2.05) is 25.1 Å². The predicted octanol–water partition coefficient (Wildman–Crippen LogP) is 3.80. The largest absolute Gasteiger partial charge is 0.352 e. The van der Waals surface area contributed by atoms with E-state index in [1.165, 1.54) is 24.3 Å². The highest BCUT2D eigenvalue weighted by Gasteiger charge is 2.28.